The normalized spacial score (nSPS) is 18.3. The van der Waals surface area contributed by atoms with Gasteiger partial charge in [-0.05, 0) is 11.6 Å². The highest BCUT2D eigenvalue weighted by atomic mass is 35.5. The van der Waals surface area contributed by atoms with Crippen LogP contribution in [0, 0.1) is 0 Å². The van der Waals surface area contributed by atoms with Crippen LogP contribution < -0.4 is 23.5 Å². The summed E-state index contributed by atoms with van der Waals surface area (Å²) in [5.74, 6) is -0.779. The first-order valence-electron chi connectivity index (χ1n) is 5.44. The van der Waals surface area contributed by atoms with Crippen molar-refractivity contribution in [1.82, 2.24) is 0 Å². The molecule has 2 rings (SSSR count). The standard InChI is InChI=1S/C12H14N2O3.ClH/c1-17-12(16)9(13)6-8-7-4-2-3-5-10(7)14-11(8)15;/h2-5,8-9H,6,13H2,1H3,(H,14,15);1H/t8?,9-;/m0./s1. The highest BCUT2D eigenvalue weighted by Gasteiger charge is 2.34. The number of hydrogen-bond donors (Lipinski definition) is 2. The van der Waals surface area contributed by atoms with E-state index in [0.717, 1.165) is 11.3 Å². The Bertz CT molecular complexity index is 464. The molecule has 0 fully saturated rings. The molecular formula is C12H15ClN2O3. The molecule has 98 valence electrons. The predicted octanol–water partition coefficient (Wildman–Crippen LogP) is -3.10. The minimum Gasteiger partial charge on any atom is -1.00 e. The number of esters is 1. The zero-order chi connectivity index (χ0) is 12.4. The number of halogens is 1. The molecular weight excluding hydrogens is 256 g/mol. The van der Waals surface area contributed by atoms with Crippen molar-refractivity contribution >= 4 is 17.6 Å². The molecule has 2 atom stereocenters. The van der Waals surface area contributed by atoms with Crippen LogP contribution in [0.2, 0.25) is 0 Å². The number of amides is 1. The Morgan fingerprint density at radius 2 is 2.17 bits per heavy atom. The van der Waals surface area contributed by atoms with Gasteiger partial charge in [0, 0.05) is 12.1 Å². The molecule has 0 bridgehead atoms. The molecule has 0 radical (unpaired) electrons. The molecule has 1 amide bonds. The molecule has 1 aliphatic rings. The van der Waals surface area contributed by atoms with E-state index in [-0.39, 0.29) is 30.2 Å². The van der Waals surface area contributed by atoms with Crippen molar-refractivity contribution in [3.8, 4) is 0 Å². The second-order valence-corrected chi connectivity index (χ2v) is 4.08. The van der Waals surface area contributed by atoms with Crippen molar-refractivity contribution in [3.05, 3.63) is 29.8 Å². The van der Waals surface area contributed by atoms with E-state index >= 15 is 0 Å². The number of ether oxygens (including phenoxy) is 1. The van der Waals surface area contributed by atoms with E-state index in [1.807, 2.05) is 24.3 Å². The average Bonchev–Trinajstić information content (AvgIpc) is 2.65. The van der Waals surface area contributed by atoms with Crippen LogP contribution in [-0.4, -0.2) is 25.0 Å². The Morgan fingerprint density at radius 3 is 2.83 bits per heavy atom. The zero-order valence-corrected chi connectivity index (χ0v) is 10.7. The van der Waals surface area contributed by atoms with Gasteiger partial charge >= 0.3 is 5.97 Å². The molecule has 18 heavy (non-hydrogen) atoms. The maximum atomic E-state index is 11.8. The third kappa shape index (κ3) is 2.63. The van der Waals surface area contributed by atoms with Crippen molar-refractivity contribution in [2.24, 2.45) is 0 Å². The van der Waals surface area contributed by atoms with Gasteiger partial charge in [-0.15, -0.1) is 0 Å². The molecule has 0 aliphatic carbocycles. The molecule has 0 aromatic heterocycles. The number of carbonyl (C=O) groups excluding carboxylic acids is 2. The van der Waals surface area contributed by atoms with Crippen LogP contribution in [0.4, 0.5) is 5.69 Å². The summed E-state index contributed by atoms with van der Waals surface area (Å²) in [5.41, 5.74) is 5.47. The van der Waals surface area contributed by atoms with Gasteiger partial charge in [0.2, 0.25) is 5.91 Å². The van der Waals surface area contributed by atoms with E-state index in [0.29, 0.717) is 6.42 Å². The summed E-state index contributed by atoms with van der Waals surface area (Å²) in [6.45, 7) is 0. The van der Waals surface area contributed by atoms with Crippen LogP contribution in [0.15, 0.2) is 24.3 Å². The quantitative estimate of drug-likeness (QED) is 0.571. The fourth-order valence-electron chi connectivity index (χ4n) is 2.06. The van der Waals surface area contributed by atoms with Gasteiger partial charge in [0.05, 0.1) is 13.0 Å². The highest BCUT2D eigenvalue weighted by Crippen LogP contribution is 2.34. The summed E-state index contributed by atoms with van der Waals surface area (Å²) in [7, 11) is 1.32. The van der Waals surface area contributed by atoms with Crippen molar-refractivity contribution in [2.45, 2.75) is 18.4 Å². The van der Waals surface area contributed by atoms with E-state index < -0.39 is 6.04 Å². The summed E-state index contributed by atoms with van der Waals surface area (Å²) < 4.78 is 4.61. The third-order valence-electron chi connectivity index (χ3n) is 2.97. The van der Waals surface area contributed by atoms with E-state index in [1.165, 1.54) is 7.11 Å². The average molecular weight is 271 g/mol. The number of nitrogens with one attached hydrogen (secondary N) is 1. The van der Waals surface area contributed by atoms with E-state index in [4.69, 9.17) is 0 Å². The fraction of sp³-hybridized carbons (Fsp3) is 0.333. The summed E-state index contributed by atoms with van der Waals surface area (Å²) in [6, 6.07) is 6.96. The lowest BCUT2D eigenvalue weighted by Crippen LogP contribution is -3.00. The van der Waals surface area contributed by atoms with E-state index in [1.54, 1.807) is 0 Å². The van der Waals surface area contributed by atoms with Crippen LogP contribution in [0.25, 0.3) is 0 Å². The minimum absolute atomic E-state index is 0. The maximum Gasteiger partial charge on any atom is 0.364 e. The van der Waals surface area contributed by atoms with E-state index in [2.05, 4.69) is 15.8 Å². The van der Waals surface area contributed by atoms with Gasteiger partial charge in [-0.3, -0.25) is 4.79 Å². The monoisotopic (exact) mass is 270 g/mol. The second kappa shape index (κ2) is 5.84. The van der Waals surface area contributed by atoms with Gasteiger partial charge in [0.25, 0.3) is 0 Å². The number of anilines is 1. The van der Waals surface area contributed by atoms with Crippen molar-refractivity contribution in [1.29, 1.82) is 0 Å². The first-order chi connectivity index (χ1) is 8.13. The van der Waals surface area contributed by atoms with Gasteiger partial charge in [-0.1, -0.05) is 18.2 Å². The van der Waals surface area contributed by atoms with Crippen molar-refractivity contribution < 1.29 is 32.5 Å². The van der Waals surface area contributed by atoms with Crippen molar-refractivity contribution in [3.63, 3.8) is 0 Å². The lowest BCUT2D eigenvalue weighted by atomic mass is 9.94. The first kappa shape index (κ1) is 14.5. The van der Waals surface area contributed by atoms with Gasteiger partial charge in [0.1, 0.15) is 0 Å². The molecule has 6 heteroatoms. The molecule has 1 aliphatic heterocycles. The molecule has 5 nitrogen and oxygen atoms in total. The number of methoxy groups -OCH3 is 1. The van der Waals surface area contributed by atoms with Crippen LogP contribution in [0.1, 0.15) is 17.9 Å². The fourth-order valence-corrected chi connectivity index (χ4v) is 2.06. The molecule has 0 spiro atoms. The smallest absolute Gasteiger partial charge is 0.364 e. The summed E-state index contributed by atoms with van der Waals surface area (Å²) in [5, 5.41) is 2.79. The number of carbonyl (C=O) groups is 2. The number of quaternary nitrogens is 1. The predicted molar refractivity (Wildman–Crippen MR) is 61.1 cm³/mol. The van der Waals surface area contributed by atoms with Crippen LogP contribution in [0.3, 0.4) is 0 Å². The molecule has 0 saturated heterocycles. The number of hydrogen-bond acceptors (Lipinski definition) is 3. The SMILES string of the molecule is COC(=O)[C@@H]([NH3+])CC1C(=O)Nc2ccccc21.[Cl-]. The Kier molecular flexibility index (Phi) is 4.69. The van der Waals surface area contributed by atoms with Crippen LogP contribution in [0.5, 0.6) is 0 Å². The van der Waals surface area contributed by atoms with Gasteiger partial charge in [-0.25, -0.2) is 4.79 Å². The second-order valence-electron chi connectivity index (χ2n) is 4.08. The van der Waals surface area contributed by atoms with Gasteiger partial charge in [0.15, 0.2) is 6.04 Å². The minimum atomic E-state index is -0.526. The molecule has 1 heterocycles. The summed E-state index contributed by atoms with van der Waals surface area (Å²) in [6.07, 6.45) is 0.371. The lowest BCUT2D eigenvalue weighted by Gasteiger charge is -2.11. The Labute approximate surface area is 111 Å². The van der Waals surface area contributed by atoms with E-state index in [9.17, 15) is 9.59 Å². The Hall–Kier alpha value is -1.59. The van der Waals surface area contributed by atoms with Crippen LogP contribution >= 0.6 is 0 Å². The third-order valence-corrected chi connectivity index (χ3v) is 2.97. The number of benzene rings is 1. The molecule has 0 saturated carbocycles. The Balaban J connectivity index is 0.00000162. The topological polar surface area (TPSA) is 83.0 Å². The highest BCUT2D eigenvalue weighted by molar-refractivity contribution is 6.03. The number of para-hydroxylation sites is 1. The number of rotatable bonds is 3. The number of fused-ring (bicyclic) bond motifs is 1. The Morgan fingerprint density at radius 1 is 1.50 bits per heavy atom. The molecule has 1 aromatic rings. The van der Waals surface area contributed by atoms with Crippen LogP contribution in [-0.2, 0) is 14.3 Å². The van der Waals surface area contributed by atoms with Gasteiger partial charge < -0.3 is 28.2 Å². The molecule has 1 aromatic carbocycles. The molecule has 1 unspecified atom stereocenters. The first-order valence-corrected chi connectivity index (χ1v) is 5.44. The summed E-state index contributed by atoms with van der Waals surface area (Å²) >= 11 is 0. The zero-order valence-electron chi connectivity index (χ0n) is 9.98. The maximum absolute atomic E-state index is 11.8. The van der Waals surface area contributed by atoms with Gasteiger partial charge in [-0.2, -0.15) is 0 Å². The van der Waals surface area contributed by atoms with Crippen molar-refractivity contribution in [2.75, 3.05) is 12.4 Å². The lowest BCUT2D eigenvalue weighted by molar-refractivity contribution is -0.409. The summed E-state index contributed by atoms with van der Waals surface area (Å²) in [4.78, 5) is 23.1. The molecule has 4 N–H and O–H groups in total. The largest absolute Gasteiger partial charge is 1.00 e.